The van der Waals surface area contributed by atoms with Crippen LogP contribution in [-0.4, -0.2) is 10.8 Å². The summed E-state index contributed by atoms with van der Waals surface area (Å²) in [4.78, 5) is 19.0. The molecule has 0 unspecified atom stereocenters. The largest absolute Gasteiger partial charge is 0.288 e. The van der Waals surface area contributed by atoms with Crippen molar-refractivity contribution in [3.05, 3.63) is 63.5 Å². The predicted octanol–water partition coefficient (Wildman–Crippen LogP) is 4.14. The Hall–Kier alpha value is -2.00. The molecule has 0 spiro atoms. The Morgan fingerprint density at radius 3 is 2.63 bits per heavy atom. The SMILES string of the molecule is Cc1cc(C(=O)c2ccc(C)s2)c2ccccc2n1. The van der Waals surface area contributed by atoms with E-state index >= 15 is 0 Å². The van der Waals surface area contributed by atoms with Gasteiger partial charge in [0.05, 0.1) is 10.4 Å². The van der Waals surface area contributed by atoms with E-state index in [9.17, 15) is 4.79 Å². The van der Waals surface area contributed by atoms with Gasteiger partial charge in [0.25, 0.3) is 0 Å². The number of para-hydroxylation sites is 1. The van der Waals surface area contributed by atoms with Gasteiger partial charge in [0, 0.05) is 21.5 Å². The number of aromatic nitrogens is 1. The van der Waals surface area contributed by atoms with Gasteiger partial charge in [-0.1, -0.05) is 18.2 Å². The van der Waals surface area contributed by atoms with Crippen LogP contribution in [0, 0.1) is 13.8 Å². The van der Waals surface area contributed by atoms with Crippen LogP contribution in [-0.2, 0) is 0 Å². The number of carbonyl (C=O) groups is 1. The zero-order valence-corrected chi connectivity index (χ0v) is 11.6. The molecule has 3 heteroatoms. The van der Waals surface area contributed by atoms with Crippen molar-refractivity contribution in [2.75, 3.05) is 0 Å². The van der Waals surface area contributed by atoms with Gasteiger partial charge in [-0.25, -0.2) is 0 Å². The summed E-state index contributed by atoms with van der Waals surface area (Å²) in [5.74, 6) is 0.0831. The number of carbonyl (C=O) groups excluding carboxylic acids is 1. The van der Waals surface area contributed by atoms with E-state index in [1.165, 1.54) is 11.3 Å². The molecule has 1 aromatic carbocycles. The fourth-order valence-corrected chi connectivity index (χ4v) is 3.01. The lowest BCUT2D eigenvalue weighted by atomic mass is 10.0. The number of rotatable bonds is 2. The van der Waals surface area contributed by atoms with Gasteiger partial charge in [-0.05, 0) is 38.1 Å². The second-order valence-electron chi connectivity index (χ2n) is 4.57. The summed E-state index contributed by atoms with van der Waals surface area (Å²) in [6, 6.07) is 13.5. The molecule has 94 valence electrons. The Bertz CT molecular complexity index is 773. The Morgan fingerprint density at radius 1 is 1.11 bits per heavy atom. The Morgan fingerprint density at radius 2 is 1.89 bits per heavy atom. The number of ketones is 1. The number of thiophene rings is 1. The summed E-state index contributed by atoms with van der Waals surface area (Å²) in [6.07, 6.45) is 0. The normalized spacial score (nSPS) is 10.8. The number of benzene rings is 1. The predicted molar refractivity (Wildman–Crippen MR) is 79.0 cm³/mol. The Balaban J connectivity index is 2.22. The first-order valence-electron chi connectivity index (χ1n) is 6.12. The lowest BCUT2D eigenvalue weighted by molar-refractivity contribution is 0.104. The molecule has 0 saturated carbocycles. The van der Waals surface area contributed by atoms with Crippen molar-refractivity contribution in [3.8, 4) is 0 Å². The average molecular weight is 267 g/mol. The maximum Gasteiger partial charge on any atom is 0.203 e. The van der Waals surface area contributed by atoms with Gasteiger partial charge >= 0.3 is 0 Å². The van der Waals surface area contributed by atoms with Gasteiger partial charge in [0.1, 0.15) is 0 Å². The molecule has 19 heavy (non-hydrogen) atoms. The van der Waals surface area contributed by atoms with Gasteiger partial charge in [-0.15, -0.1) is 11.3 Å². The molecule has 3 rings (SSSR count). The number of hydrogen-bond acceptors (Lipinski definition) is 3. The smallest absolute Gasteiger partial charge is 0.203 e. The number of fused-ring (bicyclic) bond motifs is 1. The van der Waals surface area contributed by atoms with Gasteiger partial charge in [-0.2, -0.15) is 0 Å². The van der Waals surface area contributed by atoms with Gasteiger partial charge in [-0.3, -0.25) is 9.78 Å². The molecule has 3 aromatic rings. The quantitative estimate of drug-likeness (QED) is 0.653. The van der Waals surface area contributed by atoms with Crippen molar-refractivity contribution in [1.29, 1.82) is 0 Å². The van der Waals surface area contributed by atoms with E-state index in [2.05, 4.69) is 4.98 Å². The summed E-state index contributed by atoms with van der Waals surface area (Å²) < 4.78 is 0. The minimum atomic E-state index is 0.0831. The molecule has 0 amide bonds. The second kappa shape index (κ2) is 4.59. The summed E-state index contributed by atoms with van der Waals surface area (Å²) in [5.41, 5.74) is 2.49. The molecular weight excluding hydrogens is 254 g/mol. The molecule has 2 heterocycles. The fourth-order valence-electron chi connectivity index (χ4n) is 2.18. The third-order valence-corrected chi connectivity index (χ3v) is 4.05. The van der Waals surface area contributed by atoms with Crippen molar-refractivity contribution < 1.29 is 4.79 Å². The van der Waals surface area contributed by atoms with E-state index in [-0.39, 0.29) is 5.78 Å². The van der Waals surface area contributed by atoms with Crippen molar-refractivity contribution in [2.24, 2.45) is 0 Å². The summed E-state index contributed by atoms with van der Waals surface area (Å²) >= 11 is 1.54. The second-order valence-corrected chi connectivity index (χ2v) is 5.86. The van der Waals surface area contributed by atoms with Crippen molar-refractivity contribution in [3.63, 3.8) is 0 Å². The summed E-state index contributed by atoms with van der Waals surface area (Å²) in [5, 5.41) is 0.921. The molecule has 0 radical (unpaired) electrons. The van der Waals surface area contributed by atoms with Crippen LogP contribution in [0.2, 0.25) is 0 Å². The number of aryl methyl sites for hydroxylation is 2. The lowest BCUT2D eigenvalue weighted by Crippen LogP contribution is -2.01. The summed E-state index contributed by atoms with van der Waals surface area (Å²) in [6.45, 7) is 3.93. The Labute approximate surface area is 115 Å². The van der Waals surface area contributed by atoms with E-state index < -0.39 is 0 Å². The molecule has 0 N–H and O–H groups in total. The van der Waals surface area contributed by atoms with E-state index in [0.717, 1.165) is 31.9 Å². The molecule has 0 atom stereocenters. The summed E-state index contributed by atoms with van der Waals surface area (Å²) in [7, 11) is 0. The average Bonchev–Trinajstić information content (AvgIpc) is 2.83. The van der Waals surface area contributed by atoms with Crippen molar-refractivity contribution >= 4 is 28.0 Å². The van der Waals surface area contributed by atoms with E-state index in [4.69, 9.17) is 0 Å². The first kappa shape index (κ1) is 12.1. The van der Waals surface area contributed by atoms with Crippen LogP contribution < -0.4 is 0 Å². The van der Waals surface area contributed by atoms with Gasteiger partial charge in [0.2, 0.25) is 5.78 Å². The van der Waals surface area contributed by atoms with Crippen LogP contribution in [0.1, 0.15) is 25.8 Å². The van der Waals surface area contributed by atoms with Gasteiger partial charge in [0.15, 0.2) is 0 Å². The highest BCUT2D eigenvalue weighted by atomic mass is 32.1. The molecule has 0 bridgehead atoms. The van der Waals surface area contributed by atoms with Crippen LogP contribution in [0.3, 0.4) is 0 Å². The van der Waals surface area contributed by atoms with Gasteiger partial charge < -0.3 is 0 Å². The highest BCUT2D eigenvalue weighted by molar-refractivity contribution is 7.14. The third-order valence-electron chi connectivity index (χ3n) is 3.05. The minimum Gasteiger partial charge on any atom is -0.288 e. The Kier molecular flexibility index (Phi) is 2.91. The highest BCUT2D eigenvalue weighted by Gasteiger charge is 2.15. The maximum atomic E-state index is 12.6. The zero-order valence-electron chi connectivity index (χ0n) is 10.8. The van der Waals surface area contributed by atoms with Crippen LogP contribution in [0.4, 0.5) is 0 Å². The number of pyridine rings is 1. The molecule has 0 saturated heterocycles. The maximum absolute atomic E-state index is 12.6. The highest BCUT2D eigenvalue weighted by Crippen LogP contribution is 2.24. The van der Waals surface area contributed by atoms with E-state index in [1.807, 2.05) is 56.3 Å². The number of nitrogens with zero attached hydrogens (tertiary/aromatic N) is 1. The van der Waals surface area contributed by atoms with Crippen LogP contribution in [0.25, 0.3) is 10.9 Å². The van der Waals surface area contributed by atoms with Crippen LogP contribution in [0.5, 0.6) is 0 Å². The molecule has 0 aliphatic rings. The van der Waals surface area contributed by atoms with Crippen molar-refractivity contribution in [1.82, 2.24) is 4.98 Å². The van der Waals surface area contributed by atoms with E-state index in [0.29, 0.717) is 0 Å². The van der Waals surface area contributed by atoms with Crippen LogP contribution >= 0.6 is 11.3 Å². The standard InChI is InChI=1S/C16H13NOS/c1-10-9-13(12-5-3-4-6-14(12)17-10)16(18)15-8-7-11(2)19-15/h3-9H,1-2H3. The zero-order chi connectivity index (χ0) is 13.4. The van der Waals surface area contributed by atoms with Crippen LogP contribution in [0.15, 0.2) is 42.5 Å². The molecule has 2 aromatic heterocycles. The van der Waals surface area contributed by atoms with Crippen molar-refractivity contribution in [2.45, 2.75) is 13.8 Å². The fraction of sp³-hybridized carbons (Fsp3) is 0.125. The minimum absolute atomic E-state index is 0.0831. The first-order valence-corrected chi connectivity index (χ1v) is 6.94. The topological polar surface area (TPSA) is 30.0 Å². The molecule has 0 fully saturated rings. The third kappa shape index (κ3) is 2.17. The lowest BCUT2D eigenvalue weighted by Gasteiger charge is -2.05. The monoisotopic (exact) mass is 267 g/mol. The first-order chi connectivity index (χ1) is 9.15. The van der Waals surface area contributed by atoms with E-state index in [1.54, 1.807) is 0 Å². The number of hydrogen-bond donors (Lipinski definition) is 0. The molecule has 0 aliphatic carbocycles. The molecular formula is C16H13NOS. The molecule has 2 nitrogen and oxygen atoms in total. The molecule has 0 aliphatic heterocycles.